The number of nitrogens with zero attached hydrogens (tertiary/aromatic N) is 3. The predicted molar refractivity (Wildman–Crippen MR) is 128 cm³/mol. The van der Waals surface area contributed by atoms with Crippen LogP contribution in [-0.2, 0) is 9.59 Å². The number of aromatic nitrogens is 3. The van der Waals surface area contributed by atoms with Crippen molar-refractivity contribution < 1.29 is 14.0 Å². The SMILES string of the molecule is CC(=O)Nc1ccc(NC(=O)[C@H](C)Sc2nnc(-c3ccoc3C)n2-c2ccccc2)cc1. The van der Waals surface area contributed by atoms with Gasteiger partial charge in [-0.3, -0.25) is 14.2 Å². The molecule has 4 aromatic rings. The third kappa shape index (κ3) is 5.15. The highest BCUT2D eigenvalue weighted by molar-refractivity contribution is 8.00. The quantitative estimate of drug-likeness (QED) is 0.379. The number of furan rings is 1. The molecule has 0 spiro atoms. The second kappa shape index (κ2) is 9.74. The normalized spacial score (nSPS) is 11.7. The van der Waals surface area contributed by atoms with Gasteiger partial charge < -0.3 is 15.1 Å². The van der Waals surface area contributed by atoms with Crippen molar-refractivity contribution >= 4 is 35.0 Å². The summed E-state index contributed by atoms with van der Waals surface area (Å²) in [5.74, 6) is 1.07. The monoisotopic (exact) mass is 461 g/mol. The van der Waals surface area contributed by atoms with Gasteiger partial charge in [0.2, 0.25) is 11.8 Å². The molecule has 0 saturated heterocycles. The van der Waals surface area contributed by atoms with E-state index in [2.05, 4.69) is 20.8 Å². The van der Waals surface area contributed by atoms with Crippen LogP contribution in [0.4, 0.5) is 11.4 Å². The maximum Gasteiger partial charge on any atom is 0.237 e. The van der Waals surface area contributed by atoms with Gasteiger partial charge in [-0.2, -0.15) is 0 Å². The Morgan fingerprint density at radius 2 is 1.64 bits per heavy atom. The first-order valence-corrected chi connectivity index (χ1v) is 11.2. The van der Waals surface area contributed by atoms with E-state index in [1.807, 2.05) is 54.8 Å². The lowest BCUT2D eigenvalue weighted by Crippen LogP contribution is -2.23. The first-order valence-electron chi connectivity index (χ1n) is 10.3. The van der Waals surface area contributed by atoms with Crippen molar-refractivity contribution in [3.8, 4) is 17.1 Å². The van der Waals surface area contributed by atoms with E-state index in [0.717, 1.165) is 17.0 Å². The molecule has 2 N–H and O–H groups in total. The molecule has 0 radical (unpaired) electrons. The highest BCUT2D eigenvalue weighted by Crippen LogP contribution is 2.32. The molecule has 1 atom stereocenters. The summed E-state index contributed by atoms with van der Waals surface area (Å²) in [6.45, 7) is 5.14. The van der Waals surface area contributed by atoms with E-state index in [9.17, 15) is 9.59 Å². The minimum absolute atomic E-state index is 0.149. The number of aryl methyl sites for hydroxylation is 1. The van der Waals surface area contributed by atoms with Gasteiger partial charge in [0.05, 0.1) is 17.1 Å². The number of anilines is 2. The van der Waals surface area contributed by atoms with Gasteiger partial charge in [0.25, 0.3) is 0 Å². The maximum atomic E-state index is 12.8. The van der Waals surface area contributed by atoms with E-state index in [4.69, 9.17) is 4.42 Å². The van der Waals surface area contributed by atoms with Crippen LogP contribution in [0.5, 0.6) is 0 Å². The predicted octanol–water partition coefficient (Wildman–Crippen LogP) is 4.91. The molecule has 8 nitrogen and oxygen atoms in total. The molecule has 0 aliphatic carbocycles. The number of thioether (sulfide) groups is 1. The van der Waals surface area contributed by atoms with Crippen LogP contribution >= 0.6 is 11.8 Å². The topological polar surface area (TPSA) is 102 Å². The number of para-hydroxylation sites is 1. The van der Waals surface area contributed by atoms with Crippen molar-refractivity contribution in [2.75, 3.05) is 10.6 Å². The molecule has 2 aromatic carbocycles. The highest BCUT2D eigenvalue weighted by atomic mass is 32.2. The van der Waals surface area contributed by atoms with Crippen LogP contribution < -0.4 is 10.6 Å². The summed E-state index contributed by atoms with van der Waals surface area (Å²) >= 11 is 1.32. The summed E-state index contributed by atoms with van der Waals surface area (Å²) < 4.78 is 7.38. The van der Waals surface area contributed by atoms with E-state index in [1.165, 1.54) is 18.7 Å². The minimum Gasteiger partial charge on any atom is -0.469 e. The summed E-state index contributed by atoms with van der Waals surface area (Å²) in [5, 5.41) is 14.5. The van der Waals surface area contributed by atoms with E-state index < -0.39 is 5.25 Å². The summed E-state index contributed by atoms with van der Waals surface area (Å²) in [6, 6.07) is 18.6. The van der Waals surface area contributed by atoms with E-state index in [-0.39, 0.29) is 11.8 Å². The van der Waals surface area contributed by atoms with Gasteiger partial charge in [-0.25, -0.2) is 0 Å². The molecule has 0 unspecified atom stereocenters. The Bertz CT molecular complexity index is 1270. The van der Waals surface area contributed by atoms with Crippen molar-refractivity contribution in [2.45, 2.75) is 31.2 Å². The van der Waals surface area contributed by atoms with Crippen LogP contribution in [0.3, 0.4) is 0 Å². The third-order valence-electron chi connectivity index (χ3n) is 4.87. The Morgan fingerprint density at radius 1 is 0.970 bits per heavy atom. The fraction of sp³-hybridized carbons (Fsp3) is 0.167. The molecule has 168 valence electrons. The van der Waals surface area contributed by atoms with Crippen LogP contribution in [0, 0.1) is 6.92 Å². The summed E-state index contributed by atoms with van der Waals surface area (Å²) in [7, 11) is 0. The average Bonchev–Trinajstić information content (AvgIpc) is 3.41. The molecule has 0 aliphatic heterocycles. The Kier molecular flexibility index (Phi) is 6.60. The number of nitrogens with one attached hydrogen (secondary N) is 2. The molecule has 9 heteroatoms. The fourth-order valence-corrected chi connectivity index (χ4v) is 4.11. The van der Waals surface area contributed by atoms with Crippen LogP contribution in [-0.4, -0.2) is 31.8 Å². The summed E-state index contributed by atoms with van der Waals surface area (Å²) in [5.41, 5.74) is 3.04. The zero-order valence-electron chi connectivity index (χ0n) is 18.4. The van der Waals surface area contributed by atoms with Gasteiger partial charge in [0.1, 0.15) is 5.76 Å². The molecule has 4 rings (SSSR count). The first-order chi connectivity index (χ1) is 15.9. The van der Waals surface area contributed by atoms with Gasteiger partial charge in [-0.1, -0.05) is 30.0 Å². The molecule has 2 aromatic heterocycles. The third-order valence-corrected chi connectivity index (χ3v) is 5.91. The van der Waals surface area contributed by atoms with E-state index in [1.54, 1.807) is 30.5 Å². The molecule has 0 fully saturated rings. The number of benzene rings is 2. The Morgan fingerprint density at radius 3 is 2.24 bits per heavy atom. The Labute approximate surface area is 195 Å². The van der Waals surface area contributed by atoms with Gasteiger partial charge in [-0.15, -0.1) is 10.2 Å². The molecule has 2 heterocycles. The number of hydrogen-bond donors (Lipinski definition) is 2. The van der Waals surface area contributed by atoms with Crippen molar-refractivity contribution in [1.29, 1.82) is 0 Å². The fourth-order valence-electron chi connectivity index (χ4n) is 3.24. The largest absolute Gasteiger partial charge is 0.469 e. The molecule has 33 heavy (non-hydrogen) atoms. The maximum absolute atomic E-state index is 12.8. The average molecular weight is 462 g/mol. The van der Waals surface area contributed by atoms with Crippen LogP contribution in [0.2, 0.25) is 0 Å². The van der Waals surface area contributed by atoms with Crippen LogP contribution in [0.15, 0.2) is 76.5 Å². The first kappa shape index (κ1) is 22.3. The zero-order valence-corrected chi connectivity index (χ0v) is 19.2. The Hall–Kier alpha value is -3.85. The Balaban J connectivity index is 1.55. The van der Waals surface area contributed by atoms with E-state index >= 15 is 0 Å². The summed E-state index contributed by atoms with van der Waals surface area (Å²) in [4.78, 5) is 24.0. The molecule has 0 bridgehead atoms. The number of carbonyl (C=O) groups is 2. The lowest BCUT2D eigenvalue weighted by atomic mass is 10.2. The molecule has 0 aliphatic rings. The van der Waals surface area contributed by atoms with Gasteiger partial charge in [0, 0.05) is 24.0 Å². The van der Waals surface area contributed by atoms with Crippen molar-refractivity contribution in [3.05, 3.63) is 72.7 Å². The van der Waals surface area contributed by atoms with E-state index in [0.29, 0.717) is 22.4 Å². The second-order valence-corrected chi connectivity index (χ2v) is 8.68. The smallest absolute Gasteiger partial charge is 0.237 e. The molecule has 0 saturated carbocycles. The lowest BCUT2D eigenvalue weighted by molar-refractivity contribution is -0.115. The standard InChI is InChI=1S/C24H23N5O3S/c1-15-21(13-14-32-15)22-27-28-24(29(22)20-7-5-4-6-8-20)33-16(2)23(31)26-19-11-9-18(10-12-19)25-17(3)30/h4-14,16H,1-3H3,(H,25,30)(H,26,31)/t16-/m0/s1. The molecule has 2 amide bonds. The van der Waals surface area contributed by atoms with Crippen molar-refractivity contribution in [2.24, 2.45) is 0 Å². The summed E-state index contributed by atoms with van der Waals surface area (Å²) in [6.07, 6.45) is 1.62. The van der Waals surface area contributed by atoms with Crippen LogP contribution in [0.25, 0.3) is 17.1 Å². The molecular weight excluding hydrogens is 438 g/mol. The minimum atomic E-state index is -0.440. The zero-order chi connectivity index (χ0) is 23.4. The highest BCUT2D eigenvalue weighted by Gasteiger charge is 2.23. The van der Waals surface area contributed by atoms with Crippen molar-refractivity contribution in [3.63, 3.8) is 0 Å². The van der Waals surface area contributed by atoms with Gasteiger partial charge in [0.15, 0.2) is 11.0 Å². The van der Waals surface area contributed by atoms with Gasteiger partial charge in [-0.05, 0) is 56.3 Å². The van der Waals surface area contributed by atoms with Crippen molar-refractivity contribution in [1.82, 2.24) is 14.8 Å². The second-order valence-electron chi connectivity index (χ2n) is 7.38. The lowest BCUT2D eigenvalue weighted by Gasteiger charge is -2.14. The number of rotatable bonds is 7. The number of amides is 2. The molecular formula is C24H23N5O3S. The van der Waals surface area contributed by atoms with Gasteiger partial charge >= 0.3 is 0 Å². The number of hydrogen-bond acceptors (Lipinski definition) is 6. The van der Waals surface area contributed by atoms with Crippen LogP contribution in [0.1, 0.15) is 19.6 Å². The number of carbonyl (C=O) groups excluding carboxylic acids is 2.